The Morgan fingerprint density at radius 3 is 2.44 bits per heavy atom. The Bertz CT molecular complexity index is 761. The van der Waals surface area contributed by atoms with Crippen molar-refractivity contribution in [1.82, 2.24) is 15.0 Å². The zero-order valence-corrected chi connectivity index (χ0v) is 16.4. The average Bonchev–Trinajstić information content (AvgIpc) is 2.83. The minimum Gasteiger partial charge on any atom is -0.467 e. The first-order chi connectivity index (χ1) is 12.4. The normalized spacial score (nSPS) is 14.4. The lowest BCUT2D eigenvalue weighted by atomic mass is 9.95. The molecule has 0 radical (unpaired) electrons. The molecule has 1 amide bonds. The zero-order valence-electron chi connectivity index (χ0n) is 16.4. The van der Waals surface area contributed by atoms with Gasteiger partial charge in [-0.15, -0.1) is 0 Å². The number of amides is 1. The fraction of sp³-hybridized carbons (Fsp3) is 0.647. The van der Waals surface area contributed by atoms with Crippen molar-refractivity contribution in [2.24, 2.45) is 0 Å². The van der Waals surface area contributed by atoms with Crippen LogP contribution >= 0.6 is 0 Å². The van der Waals surface area contributed by atoms with E-state index in [2.05, 4.69) is 15.0 Å². The van der Waals surface area contributed by atoms with Crippen LogP contribution in [0, 0.1) is 6.92 Å². The van der Waals surface area contributed by atoms with E-state index >= 15 is 0 Å². The Balaban J connectivity index is 2.78. The van der Waals surface area contributed by atoms with E-state index in [4.69, 9.17) is 9.47 Å². The fourth-order valence-electron chi connectivity index (χ4n) is 2.22. The van der Waals surface area contributed by atoms with E-state index in [1.165, 1.54) is 27.0 Å². The van der Waals surface area contributed by atoms with Crippen molar-refractivity contribution in [1.29, 1.82) is 0 Å². The second kappa shape index (κ2) is 8.83. The molecule has 10 heteroatoms. The summed E-state index contributed by atoms with van der Waals surface area (Å²) in [6.45, 7) is 7.71. The topological polar surface area (TPSA) is 113 Å². The van der Waals surface area contributed by atoms with Crippen LogP contribution in [0.4, 0.5) is 9.18 Å². The lowest BCUT2D eigenvalue weighted by Crippen LogP contribution is -2.53. The van der Waals surface area contributed by atoms with E-state index < -0.39 is 34.8 Å². The predicted octanol–water partition coefficient (Wildman–Crippen LogP) is 2.23. The standard InChI is InChI=1S/C17H26FN3O6/c1-11-20-27-15(24)21(11)10-12(18)8-7-9-17(5,13(22)25-6)19-14(23)26-16(2,3)4/h8H,7,9-10H2,1-6H3,(H,19,23)/b12-8-. The summed E-state index contributed by atoms with van der Waals surface area (Å²) in [6.07, 6.45) is 0.596. The first-order valence-electron chi connectivity index (χ1n) is 8.35. The van der Waals surface area contributed by atoms with Crippen LogP contribution in [0.3, 0.4) is 0 Å². The van der Waals surface area contributed by atoms with Crippen LogP contribution in [0.5, 0.6) is 0 Å². The zero-order chi connectivity index (χ0) is 20.8. The minimum atomic E-state index is -1.40. The molecule has 1 atom stereocenters. The Labute approximate surface area is 156 Å². The van der Waals surface area contributed by atoms with Gasteiger partial charge >= 0.3 is 17.8 Å². The number of carbonyl (C=O) groups excluding carboxylic acids is 2. The van der Waals surface area contributed by atoms with Crippen LogP contribution in [-0.4, -0.2) is 40.0 Å². The molecule has 0 saturated carbocycles. The van der Waals surface area contributed by atoms with Gasteiger partial charge in [0.05, 0.1) is 13.7 Å². The van der Waals surface area contributed by atoms with Gasteiger partial charge in [-0.1, -0.05) is 11.2 Å². The van der Waals surface area contributed by atoms with Crippen molar-refractivity contribution in [3.05, 3.63) is 28.3 Å². The maximum absolute atomic E-state index is 14.1. The summed E-state index contributed by atoms with van der Waals surface area (Å²) in [5.74, 6) is -1.81. The molecular formula is C17H26FN3O6. The van der Waals surface area contributed by atoms with Gasteiger partial charge in [-0.2, -0.15) is 0 Å². The van der Waals surface area contributed by atoms with E-state index in [9.17, 15) is 18.8 Å². The van der Waals surface area contributed by atoms with Crippen LogP contribution in [0.1, 0.15) is 46.4 Å². The molecule has 1 rings (SSSR count). The van der Waals surface area contributed by atoms with E-state index in [1.54, 1.807) is 20.8 Å². The van der Waals surface area contributed by atoms with Crippen molar-refractivity contribution in [3.8, 4) is 0 Å². The van der Waals surface area contributed by atoms with Gasteiger partial charge in [-0.05, 0) is 47.5 Å². The molecule has 1 aromatic rings. The van der Waals surface area contributed by atoms with Crippen LogP contribution in [0.2, 0.25) is 0 Å². The van der Waals surface area contributed by atoms with E-state index in [0.717, 1.165) is 4.57 Å². The van der Waals surface area contributed by atoms with Crippen LogP contribution in [-0.2, 0) is 20.8 Å². The Kier molecular flexibility index (Phi) is 7.32. The SMILES string of the molecule is COC(=O)C(C)(CC/C=C(\F)Cn1c(C)noc1=O)NC(=O)OC(C)(C)C. The van der Waals surface area contributed by atoms with Gasteiger partial charge in [0.25, 0.3) is 0 Å². The molecule has 0 fully saturated rings. The summed E-state index contributed by atoms with van der Waals surface area (Å²) in [6, 6.07) is 0. The molecule has 0 aliphatic heterocycles. The highest BCUT2D eigenvalue weighted by molar-refractivity contribution is 5.85. The number of aryl methyl sites for hydroxylation is 1. The molecule has 0 aliphatic rings. The summed E-state index contributed by atoms with van der Waals surface area (Å²) in [5, 5.41) is 5.91. The molecule has 152 valence electrons. The number of carbonyl (C=O) groups is 2. The molecule has 1 heterocycles. The van der Waals surface area contributed by atoms with E-state index in [0.29, 0.717) is 0 Å². The molecule has 1 aromatic heterocycles. The van der Waals surface area contributed by atoms with Crippen LogP contribution < -0.4 is 11.1 Å². The molecule has 0 spiro atoms. The number of esters is 1. The predicted molar refractivity (Wildman–Crippen MR) is 93.7 cm³/mol. The third-order valence-corrected chi connectivity index (χ3v) is 3.60. The largest absolute Gasteiger partial charge is 0.467 e. The number of halogens is 1. The number of methoxy groups -OCH3 is 1. The fourth-order valence-corrected chi connectivity index (χ4v) is 2.22. The number of hydrogen-bond acceptors (Lipinski definition) is 7. The summed E-state index contributed by atoms with van der Waals surface area (Å²) in [7, 11) is 1.19. The molecule has 0 saturated heterocycles. The number of rotatable bonds is 7. The molecule has 0 bridgehead atoms. The summed E-state index contributed by atoms with van der Waals surface area (Å²) < 4.78 is 29.4. The average molecular weight is 387 g/mol. The lowest BCUT2D eigenvalue weighted by molar-refractivity contribution is -0.148. The van der Waals surface area contributed by atoms with Crippen molar-refractivity contribution < 1.29 is 28.0 Å². The summed E-state index contributed by atoms with van der Waals surface area (Å²) in [4.78, 5) is 35.5. The number of hydrogen-bond donors (Lipinski definition) is 1. The molecular weight excluding hydrogens is 361 g/mol. The Morgan fingerprint density at radius 1 is 1.33 bits per heavy atom. The third-order valence-electron chi connectivity index (χ3n) is 3.60. The smallest absolute Gasteiger partial charge is 0.441 e. The monoisotopic (exact) mass is 387 g/mol. The minimum absolute atomic E-state index is 0.0594. The number of nitrogens with zero attached hydrogens (tertiary/aromatic N) is 2. The highest BCUT2D eigenvalue weighted by Gasteiger charge is 2.37. The van der Waals surface area contributed by atoms with Crippen molar-refractivity contribution in [3.63, 3.8) is 0 Å². The van der Waals surface area contributed by atoms with E-state index in [1.807, 2.05) is 0 Å². The highest BCUT2D eigenvalue weighted by atomic mass is 19.1. The Hall–Kier alpha value is -2.65. The second-order valence-electron chi connectivity index (χ2n) is 7.22. The number of nitrogens with one attached hydrogen (secondary N) is 1. The van der Waals surface area contributed by atoms with Gasteiger partial charge in [0.2, 0.25) is 0 Å². The number of alkyl carbamates (subject to hydrolysis) is 1. The highest BCUT2D eigenvalue weighted by Crippen LogP contribution is 2.18. The van der Waals surface area contributed by atoms with Crippen molar-refractivity contribution in [2.75, 3.05) is 7.11 Å². The molecule has 0 aromatic carbocycles. The first kappa shape index (κ1) is 22.4. The van der Waals surface area contributed by atoms with Crippen molar-refractivity contribution in [2.45, 2.75) is 65.1 Å². The molecule has 9 nitrogen and oxygen atoms in total. The molecule has 27 heavy (non-hydrogen) atoms. The van der Waals surface area contributed by atoms with Gasteiger partial charge in [-0.25, -0.2) is 18.8 Å². The first-order valence-corrected chi connectivity index (χ1v) is 8.35. The Morgan fingerprint density at radius 2 is 1.96 bits per heavy atom. The van der Waals surface area contributed by atoms with Crippen LogP contribution in [0.25, 0.3) is 0 Å². The quantitative estimate of drug-likeness (QED) is 0.714. The molecule has 1 N–H and O–H groups in total. The van der Waals surface area contributed by atoms with Crippen LogP contribution in [0.15, 0.2) is 21.2 Å². The van der Waals surface area contributed by atoms with E-state index in [-0.39, 0.29) is 25.2 Å². The van der Waals surface area contributed by atoms with Gasteiger partial charge in [0.1, 0.15) is 17.0 Å². The number of allylic oxidation sites excluding steroid dienone is 2. The van der Waals surface area contributed by atoms with Gasteiger partial charge in [0, 0.05) is 0 Å². The lowest BCUT2D eigenvalue weighted by Gasteiger charge is -2.29. The van der Waals surface area contributed by atoms with Gasteiger partial charge in [-0.3, -0.25) is 9.09 Å². The molecule has 0 aliphatic carbocycles. The molecule has 1 unspecified atom stereocenters. The maximum atomic E-state index is 14.1. The van der Waals surface area contributed by atoms with Gasteiger partial charge < -0.3 is 14.8 Å². The number of aromatic nitrogens is 2. The number of ether oxygens (including phenoxy) is 2. The third kappa shape index (κ3) is 6.87. The maximum Gasteiger partial charge on any atom is 0.441 e. The second-order valence-corrected chi connectivity index (χ2v) is 7.22. The summed E-state index contributed by atoms with van der Waals surface area (Å²) >= 11 is 0. The van der Waals surface area contributed by atoms with Crippen molar-refractivity contribution >= 4 is 12.1 Å². The summed E-state index contributed by atoms with van der Waals surface area (Å²) in [5.41, 5.74) is -2.14. The van der Waals surface area contributed by atoms with Gasteiger partial charge in [0.15, 0.2) is 5.82 Å².